The van der Waals surface area contributed by atoms with Gasteiger partial charge in [0.05, 0.1) is 19.1 Å². The number of rotatable bonds is 12. The Morgan fingerprint density at radius 2 is 1.61 bits per heavy atom. The van der Waals surface area contributed by atoms with Crippen LogP contribution in [-0.4, -0.2) is 66.5 Å². The number of hydrogen-bond donors (Lipinski definition) is 2. The molecule has 41 heavy (non-hydrogen) atoms. The number of methoxy groups -OCH3 is 1. The fraction of sp³-hybridized carbons (Fsp3) is 0.467. The molecule has 11 heteroatoms. The van der Waals surface area contributed by atoms with Crippen molar-refractivity contribution in [3.63, 3.8) is 0 Å². The molecule has 1 fully saturated rings. The first-order valence-electron chi connectivity index (χ1n) is 13.4. The van der Waals surface area contributed by atoms with Crippen molar-refractivity contribution in [2.45, 2.75) is 64.0 Å². The minimum atomic E-state index is -0.944. The summed E-state index contributed by atoms with van der Waals surface area (Å²) in [4.78, 5) is 49.9. The summed E-state index contributed by atoms with van der Waals surface area (Å²) in [5, 5.41) is 5.41. The molecule has 0 spiro atoms. The van der Waals surface area contributed by atoms with Gasteiger partial charge in [0.25, 0.3) is 0 Å². The number of esters is 2. The molecule has 1 aliphatic heterocycles. The maximum Gasteiger partial charge on any atom is 0.408 e. The van der Waals surface area contributed by atoms with E-state index in [9.17, 15) is 19.2 Å². The Hall–Kier alpha value is -3.73. The number of hydrogen-bond acceptors (Lipinski definition) is 9. The van der Waals surface area contributed by atoms with E-state index in [1.165, 1.54) is 18.9 Å². The Morgan fingerprint density at radius 1 is 0.976 bits per heavy atom. The number of cyclic esters (lactones) is 1. The smallest absolute Gasteiger partial charge is 0.408 e. The highest BCUT2D eigenvalue weighted by Crippen LogP contribution is 2.28. The van der Waals surface area contributed by atoms with Gasteiger partial charge in [0.1, 0.15) is 24.4 Å². The summed E-state index contributed by atoms with van der Waals surface area (Å²) in [6, 6.07) is 17.5. The normalized spacial score (nSPS) is 18.0. The van der Waals surface area contributed by atoms with Gasteiger partial charge < -0.3 is 29.6 Å². The molecule has 1 heterocycles. The SMILES string of the molecule is COC(=O)[C@H](CSC[C@H]1C[C@@H]([C@H](Cc2ccccc2)NC(=O)OCc2ccccc2)OC1=O)NC(=O)OC(C)(C)C. The Bertz CT molecular complexity index is 1160. The van der Waals surface area contributed by atoms with Crippen molar-refractivity contribution in [1.29, 1.82) is 0 Å². The van der Waals surface area contributed by atoms with E-state index in [1.807, 2.05) is 60.7 Å². The summed E-state index contributed by atoms with van der Waals surface area (Å²) in [6.07, 6.45) is -1.07. The number of carbonyl (C=O) groups is 4. The van der Waals surface area contributed by atoms with Gasteiger partial charge in [-0.3, -0.25) is 4.79 Å². The zero-order valence-electron chi connectivity index (χ0n) is 23.8. The summed E-state index contributed by atoms with van der Waals surface area (Å²) in [5.74, 6) is -0.913. The van der Waals surface area contributed by atoms with E-state index < -0.39 is 47.9 Å². The van der Waals surface area contributed by atoms with Gasteiger partial charge in [-0.05, 0) is 38.3 Å². The molecule has 10 nitrogen and oxygen atoms in total. The molecule has 3 rings (SSSR count). The second-order valence-electron chi connectivity index (χ2n) is 10.7. The number of amides is 2. The second kappa shape index (κ2) is 15.3. The zero-order valence-corrected chi connectivity index (χ0v) is 24.6. The van der Waals surface area contributed by atoms with E-state index in [4.69, 9.17) is 18.9 Å². The van der Waals surface area contributed by atoms with E-state index in [-0.39, 0.29) is 18.3 Å². The van der Waals surface area contributed by atoms with Crippen LogP contribution in [0.25, 0.3) is 0 Å². The summed E-state index contributed by atoms with van der Waals surface area (Å²) in [5.41, 5.74) is 1.11. The molecule has 2 aromatic rings. The molecule has 2 aromatic carbocycles. The van der Waals surface area contributed by atoms with Crippen LogP contribution in [0.2, 0.25) is 0 Å². The molecular formula is C30H38N2O8S. The monoisotopic (exact) mass is 586 g/mol. The lowest BCUT2D eigenvalue weighted by molar-refractivity contribution is -0.144. The average Bonchev–Trinajstić information content (AvgIpc) is 3.30. The molecule has 0 radical (unpaired) electrons. The van der Waals surface area contributed by atoms with E-state index >= 15 is 0 Å². The molecule has 0 unspecified atom stereocenters. The molecule has 1 aliphatic rings. The van der Waals surface area contributed by atoms with Crippen molar-refractivity contribution in [2.24, 2.45) is 5.92 Å². The first-order chi connectivity index (χ1) is 19.5. The van der Waals surface area contributed by atoms with Gasteiger partial charge >= 0.3 is 24.1 Å². The molecule has 2 N–H and O–H groups in total. The van der Waals surface area contributed by atoms with Gasteiger partial charge in [0.2, 0.25) is 0 Å². The Labute approximate surface area is 244 Å². The number of ether oxygens (including phenoxy) is 4. The molecule has 1 saturated heterocycles. The number of thioether (sulfide) groups is 1. The first-order valence-corrected chi connectivity index (χ1v) is 14.6. The summed E-state index contributed by atoms with van der Waals surface area (Å²) in [7, 11) is 1.24. The summed E-state index contributed by atoms with van der Waals surface area (Å²) >= 11 is 1.32. The van der Waals surface area contributed by atoms with Crippen LogP contribution in [0.3, 0.4) is 0 Å². The van der Waals surface area contributed by atoms with Crippen molar-refractivity contribution in [2.75, 3.05) is 18.6 Å². The summed E-state index contributed by atoms with van der Waals surface area (Å²) < 4.78 is 21.2. The van der Waals surface area contributed by atoms with Gasteiger partial charge in [-0.25, -0.2) is 14.4 Å². The van der Waals surface area contributed by atoms with Crippen LogP contribution in [-0.2, 0) is 41.6 Å². The van der Waals surface area contributed by atoms with Gasteiger partial charge in [-0.1, -0.05) is 60.7 Å². The molecule has 222 valence electrons. The van der Waals surface area contributed by atoms with Crippen molar-refractivity contribution in [3.05, 3.63) is 71.8 Å². The topological polar surface area (TPSA) is 129 Å². The fourth-order valence-electron chi connectivity index (χ4n) is 4.20. The predicted molar refractivity (Wildman–Crippen MR) is 154 cm³/mol. The predicted octanol–water partition coefficient (Wildman–Crippen LogP) is 4.26. The van der Waals surface area contributed by atoms with Crippen molar-refractivity contribution >= 4 is 35.9 Å². The lowest BCUT2D eigenvalue weighted by Crippen LogP contribution is -2.45. The third-order valence-corrected chi connectivity index (χ3v) is 7.37. The third-order valence-electron chi connectivity index (χ3n) is 6.16. The minimum Gasteiger partial charge on any atom is -0.467 e. The van der Waals surface area contributed by atoms with Crippen LogP contribution >= 0.6 is 11.8 Å². The minimum absolute atomic E-state index is 0.118. The highest BCUT2D eigenvalue weighted by molar-refractivity contribution is 7.99. The lowest BCUT2D eigenvalue weighted by Gasteiger charge is -2.24. The maximum absolute atomic E-state index is 12.8. The maximum atomic E-state index is 12.8. The largest absolute Gasteiger partial charge is 0.467 e. The Morgan fingerprint density at radius 3 is 2.22 bits per heavy atom. The Kier molecular flexibility index (Phi) is 11.9. The molecular weight excluding hydrogens is 548 g/mol. The van der Waals surface area contributed by atoms with Crippen LogP contribution in [0.5, 0.6) is 0 Å². The quantitative estimate of drug-likeness (QED) is 0.277. The van der Waals surface area contributed by atoms with Crippen LogP contribution in [0.1, 0.15) is 38.3 Å². The number of nitrogens with one attached hydrogen (secondary N) is 2. The van der Waals surface area contributed by atoms with Crippen LogP contribution in [0.4, 0.5) is 9.59 Å². The Balaban J connectivity index is 1.58. The standard InChI is InChI=1S/C30H38N2O8S/c1-30(2,3)40-29(36)32-24(27(34)37-4)19-41-18-22-16-25(39-26(22)33)23(15-20-11-7-5-8-12-20)31-28(35)38-17-21-13-9-6-10-14-21/h5-14,22-25H,15-19H2,1-4H3,(H,31,35)(H,32,36)/t22-,23+,24+,25+/m1/s1. The lowest BCUT2D eigenvalue weighted by atomic mass is 9.96. The third kappa shape index (κ3) is 11.0. The van der Waals surface area contributed by atoms with Crippen molar-refractivity contribution in [1.82, 2.24) is 10.6 Å². The molecule has 0 bridgehead atoms. The molecule has 0 saturated carbocycles. The van der Waals surface area contributed by atoms with Gasteiger partial charge in [-0.2, -0.15) is 11.8 Å². The average molecular weight is 587 g/mol. The van der Waals surface area contributed by atoms with Crippen molar-refractivity contribution < 1.29 is 38.1 Å². The van der Waals surface area contributed by atoms with Crippen LogP contribution in [0.15, 0.2) is 60.7 Å². The highest BCUT2D eigenvalue weighted by atomic mass is 32.2. The fourth-order valence-corrected chi connectivity index (χ4v) is 5.35. The molecule has 0 aromatic heterocycles. The van der Waals surface area contributed by atoms with Crippen LogP contribution in [0, 0.1) is 5.92 Å². The molecule has 0 aliphatic carbocycles. The highest BCUT2D eigenvalue weighted by Gasteiger charge is 2.40. The van der Waals surface area contributed by atoms with Crippen molar-refractivity contribution in [3.8, 4) is 0 Å². The second-order valence-corrected chi connectivity index (χ2v) is 11.7. The van der Waals surface area contributed by atoms with E-state index in [2.05, 4.69) is 10.6 Å². The summed E-state index contributed by atoms with van der Waals surface area (Å²) in [6.45, 7) is 5.28. The first kappa shape index (κ1) is 31.8. The van der Waals surface area contributed by atoms with Gasteiger partial charge in [-0.15, -0.1) is 0 Å². The molecule has 4 atom stereocenters. The van der Waals surface area contributed by atoms with Gasteiger partial charge in [0, 0.05) is 17.9 Å². The van der Waals surface area contributed by atoms with Gasteiger partial charge in [0.15, 0.2) is 0 Å². The van der Waals surface area contributed by atoms with E-state index in [0.717, 1.165) is 11.1 Å². The molecule has 2 amide bonds. The number of benzene rings is 2. The number of alkyl carbamates (subject to hydrolysis) is 2. The van der Waals surface area contributed by atoms with E-state index in [0.29, 0.717) is 18.6 Å². The van der Waals surface area contributed by atoms with E-state index in [1.54, 1.807) is 20.8 Å². The zero-order chi connectivity index (χ0) is 29.8. The number of carbonyl (C=O) groups excluding carboxylic acids is 4. The van der Waals surface area contributed by atoms with Crippen LogP contribution < -0.4 is 10.6 Å².